The van der Waals surface area contributed by atoms with Crippen LogP contribution in [0.1, 0.15) is 6.92 Å². The van der Waals surface area contributed by atoms with E-state index in [2.05, 4.69) is 12.2 Å². The Balaban J connectivity index is 3.30. The van der Waals surface area contributed by atoms with Gasteiger partial charge in [0.25, 0.3) is 0 Å². The van der Waals surface area contributed by atoms with Crippen LogP contribution in [0.15, 0.2) is 0 Å². The number of hydrogen-bond acceptors (Lipinski definition) is 4. The minimum atomic E-state index is -1.39. The maximum atomic E-state index is 8.65. The minimum absolute atomic E-state index is 0.263. The van der Waals surface area contributed by atoms with Crippen molar-refractivity contribution in [2.45, 2.75) is 25.4 Å². The highest BCUT2D eigenvalue weighted by atomic mass is 16.5. The van der Waals surface area contributed by atoms with Gasteiger partial charge in [0.05, 0.1) is 12.1 Å². The summed E-state index contributed by atoms with van der Waals surface area (Å²) in [5.41, 5.74) is 0. The van der Waals surface area contributed by atoms with Crippen molar-refractivity contribution in [3.8, 4) is 0 Å². The van der Waals surface area contributed by atoms with Gasteiger partial charge in [0, 0.05) is 6.54 Å². The summed E-state index contributed by atoms with van der Waals surface area (Å²) in [5, 5.41) is 28.4. The Morgan fingerprint density at radius 3 is 2.20 bits per heavy atom. The smallest absolute Gasteiger partial charge is 0.166 e. The van der Waals surface area contributed by atoms with Crippen LogP contribution in [0.4, 0.5) is 0 Å². The van der Waals surface area contributed by atoms with Crippen molar-refractivity contribution in [3.63, 3.8) is 0 Å². The number of hydrogen-bond donors (Lipinski definition) is 4. The molecule has 0 amide bonds. The summed E-state index contributed by atoms with van der Waals surface area (Å²) >= 11 is 0. The molecule has 0 heterocycles. The molecule has 2 unspecified atom stereocenters. The molecule has 61 valence electrons. The molecule has 0 aromatic rings. The SMILES string of the molecule is [CH2]C(O)CNC(C)C(O)O. The molecule has 0 spiro atoms. The number of nitrogens with one attached hydrogen (secondary N) is 1. The van der Waals surface area contributed by atoms with Gasteiger partial charge in [-0.2, -0.15) is 0 Å². The highest BCUT2D eigenvalue weighted by molar-refractivity contribution is 4.66. The molecule has 4 N–H and O–H groups in total. The molecule has 0 aliphatic carbocycles. The fourth-order valence-electron chi connectivity index (χ4n) is 0.427. The van der Waals surface area contributed by atoms with Crippen LogP contribution in [0.25, 0.3) is 0 Å². The molecular weight excluding hydrogens is 134 g/mol. The van der Waals surface area contributed by atoms with Gasteiger partial charge < -0.3 is 20.6 Å². The molecule has 1 radical (unpaired) electrons. The van der Waals surface area contributed by atoms with E-state index in [1.54, 1.807) is 6.92 Å². The van der Waals surface area contributed by atoms with Gasteiger partial charge in [0.2, 0.25) is 0 Å². The lowest BCUT2D eigenvalue weighted by Gasteiger charge is -2.16. The van der Waals surface area contributed by atoms with Crippen LogP contribution in [0.2, 0.25) is 0 Å². The monoisotopic (exact) mass is 148 g/mol. The van der Waals surface area contributed by atoms with Gasteiger partial charge in [-0.05, 0) is 13.8 Å². The Hall–Kier alpha value is -0.160. The second kappa shape index (κ2) is 4.62. The molecule has 0 saturated carbocycles. The summed E-state index contributed by atoms with van der Waals surface area (Å²) in [5.74, 6) is 0. The Labute approximate surface area is 60.5 Å². The zero-order valence-corrected chi connectivity index (χ0v) is 5.99. The predicted molar refractivity (Wildman–Crippen MR) is 37.1 cm³/mol. The molecule has 10 heavy (non-hydrogen) atoms. The van der Waals surface area contributed by atoms with Crippen molar-refractivity contribution in [1.82, 2.24) is 5.32 Å². The van der Waals surface area contributed by atoms with Crippen molar-refractivity contribution in [2.24, 2.45) is 0 Å². The molecule has 0 fully saturated rings. The standard InChI is InChI=1S/C6H14NO3/c1-4(8)3-7-5(2)6(9)10/h4-10H,1,3H2,2H3. The zero-order chi connectivity index (χ0) is 8.15. The van der Waals surface area contributed by atoms with E-state index in [-0.39, 0.29) is 6.54 Å². The molecule has 0 bridgehead atoms. The number of rotatable bonds is 4. The molecule has 0 saturated heterocycles. The topological polar surface area (TPSA) is 72.7 Å². The lowest BCUT2D eigenvalue weighted by Crippen LogP contribution is -2.40. The van der Waals surface area contributed by atoms with Gasteiger partial charge in [0.1, 0.15) is 0 Å². The molecule has 0 aromatic carbocycles. The molecular formula is C6H14NO3. The predicted octanol–water partition coefficient (Wildman–Crippen LogP) is -1.53. The lowest BCUT2D eigenvalue weighted by atomic mass is 10.3. The van der Waals surface area contributed by atoms with E-state index in [9.17, 15) is 0 Å². The summed E-state index contributed by atoms with van der Waals surface area (Å²) in [4.78, 5) is 0. The largest absolute Gasteiger partial charge is 0.392 e. The van der Waals surface area contributed by atoms with E-state index >= 15 is 0 Å². The third kappa shape index (κ3) is 4.69. The molecule has 4 nitrogen and oxygen atoms in total. The lowest BCUT2D eigenvalue weighted by molar-refractivity contribution is -0.0635. The van der Waals surface area contributed by atoms with Crippen LogP contribution in [0, 0.1) is 6.92 Å². The molecule has 0 aliphatic rings. The van der Waals surface area contributed by atoms with Crippen molar-refractivity contribution < 1.29 is 15.3 Å². The van der Waals surface area contributed by atoms with Crippen molar-refractivity contribution in [2.75, 3.05) is 6.54 Å². The summed E-state index contributed by atoms with van der Waals surface area (Å²) < 4.78 is 0. The third-order valence-corrected chi connectivity index (χ3v) is 1.12. The summed E-state index contributed by atoms with van der Waals surface area (Å²) in [7, 11) is 0. The van der Waals surface area contributed by atoms with Crippen molar-refractivity contribution in [3.05, 3.63) is 6.92 Å². The average Bonchev–Trinajstić information content (AvgIpc) is 1.82. The highest BCUT2D eigenvalue weighted by Crippen LogP contribution is 1.87. The van der Waals surface area contributed by atoms with Gasteiger partial charge >= 0.3 is 0 Å². The minimum Gasteiger partial charge on any atom is -0.392 e. The number of aliphatic hydroxyl groups excluding tert-OH is 2. The van der Waals surface area contributed by atoms with Gasteiger partial charge in [0.15, 0.2) is 6.29 Å². The van der Waals surface area contributed by atoms with E-state index in [1.807, 2.05) is 0 Å². The van der Waals surface area contributed by atoms with Crippen molar-refractivity contribution in [1.29, 1.82) is 0 Å². The quantitative estimate of drug-likeness (QED) is 0.365. The molecule has 4 heteroatoms. The zero-order valence-electron chi connectivity index (χ0n) is 5.99. The fourth-order valence-corrected chi connectivity index (χ4v) is 0.427. The second-order valence-electron chi connectivity index (χ2n) is 2.26. The van der Waals surface area contributed by atoms with Gasteiger partial charge in [-0.25, -0.2) is 0 Å². The first-order chi connectivity index (χ1) is 4.54. The highest BCUT2D eigenvalue weighted by Gasteiger charge is 2.09. The van der Waals surface area contributed by atoms with Gasteiger partial charge in [-0.1, -0.05) is 0 Å². The average molecular weight is 148 g/mol. The summed E-state index contributed by atoms with van der Waals surface area (Å²) in [6, 6.07) is -0.434. The van der Waals surface area contributed by atoms with E-state index in [4.69, 9.17) is 15.3 Å². The maximum absolute atomic E-state index is 8.65. The Morgan fingerprint density at radius 1 is 1.40 bits per heavy atom. The maximum Gasteiger partial charge on any atom is 0.166 e. The normalized spacial score (nSPS) is 17.4. The van der Waals surface area contributed by atoms with Crippen LogP contribution < -0.4 is 5.32 Å². The van der Waals surface area contributed by atoms with Crippen LogP contribution in [0.5, 0.6) is 0 Å². The van der Waals surface area contributed by atoms with E-state index in [0.29, 0.717) is 0 Å². The third-order valence-electron chi connectivity index (χ3n) is 1.12. The van der Waals surface area contributed by atoms with E-state index in [1.165, 1.54) is 0 Å². The summed E-state index contributed by atoms with van der Waals surface area (Å²) in [6.45, 7) is 5.17. The molecule has 2 atom stereocenters. The Bertz CT molecular complexity index is 85.1. The number of aliphatic hydroxyl groups is 3. The summed E-state index contributed by atoms with van der Waals surface area (Å²) in [6.07, 6.45) is -2.10. The first kappa shape index (κ1) is 9.84. The first-order valence-corrected chi connectivity index (χ1v) is 3.14. The molecule has 0 rings (SSSR count). The molecule has 0 aliphatic heterocycles. The second-order valence-corrected chi connectivity index (χ2v) is 2.26. The van der Waals surface area contributed by atoms with Crippen LogP contribution >= 0.6 is 0 Å². The fraction of sp³-hybridized carbons (Fsp3) is 0.833. The Morgan fingerprint density at radius 2 is 1.90 bits per heavy atom. The van der Waals surface area contributed by atoms with Crippen molar-refractivity contribution >= 4 is 0 Å². The van der Waals surface area contributed by atoms with Gasteiger partial charge in [-0.15, -0.1) is 0 Å². The Kier molecular flexibility index (Phi) is 4.55. The van der Waals surface area contributed by atoms with Crippen LogP contribution in [-0.4, -0.2) is 40.3 Å². The van der Waals surface area contributed by atoms with E-state index < -0.39 is 18.4 Å². The van der Waals surface area contributed by atoms with Crippen LogP contribution in [-0.2, 0) is 0 Å². The van der Waals surface area contributed by atoms with E-state index in [0.717, 1.165) is 0 Å². The van der Waals surface area contributed by atoms with Crippen LogP contribution in [0.3, 0.4) is 0 Å². The first-order valence-electron chi connectivity index (χ1n) is 3.14. The molecule has 0 aromatic heterocycles. The van der Waals surface area contributed by atoms with Gasteiger partial charge in [-0.3, -0.25) is 0 Å².